The molecular formula is C27H26N6O6. The average molecular weight is 531 g/mol. The van der Waals surface area contributed by atoms with Gasteiger partial charge in [-0.15, -0.1) is 0 Å². The van der Waals surface area contributed by atoms with Crippen LogP contribution >= 0.6 is 0 Å². The van der Waals surface area contributed by atoms with E-state index in [-0.39, 0.29) is 29.5 Å². The number of rotatable bonds is 5. The normalized spacial score (nSPS) is 12.8. The van der Waals surface area contributed by atoms with Gasteiger partial charge in [0.1, 0.15) is 0 Å². The van der Waals surface area contributed by atoms with E-state index in [0.717, 1.165) is 28.7 Å². The predicted octanol–water partition coefficient (Wildman–Crippen LogP) is 2.53. The minimum Gasteiger partial charge on any atom is -0.478 e. The van der Waals surface area contributed by atoms with Crippen molar-refractivity contribution in [3.8, 4) is 16.9 Å². The van der Waals surface area contributed by atoms with Gasteiger partial charge in [0.05, 0.1) is 35.2 Å². The largest absolute Gasteiger partial charge is 0.478 e. The Labute approximate surface area is 222 Å². The van der Waals surface area contributed by atoms with E-state index in [0.29, 0.717) is 24.3 Å². The predicted molar refractivity (Wildman–Crippen MR) is 140 cm³/mol. The molecule has 1 aliphatic rings. The summed E-state index contributed by atoms with van der Waals surface area (Å²) in [5.74, 6) is -2.64. The molecule has 0 radical (unpaired) electrons. The highest BCUT2D eigenvalue weighted by molar-refractivity contribution is 5.96. The SMILES string of the molecule is Cc1ccc(-n2nc(C(=O)N3CCNC(=O)C3)cc2-c2cc[nH]c2)cn1.Cc1ccc(C(=O)O)cc1C(=O)O. The summed E-state index contributed by atoms with van der Waals surface area (Å²) in [5.41, 5.74) is 4.23. The summed E-state index contributed by atoms with van der Waals surface area (Å²) < 4.78 is 1.70. The Bertz CT molecular complexity index is 1520. The summed E-state index contributed by atoms with van der Waals surface area (Å²) in [5, 5.41) is 24.5. The van der Waals surface area contributed by atoms with Gasteiger partial charge in [0.2, 0.25) is 5.91 Å². The number of carbonyl (C=O) groups is 4. The molecule has 5 rings (SSSR count). The number of aromatic amines is 1. The number of carboxylic acids is 2. The van der Waals surface area contributed by atoms with Gasteiger partial charge in [-0.05, 0) is 55.8 Å². The lowest BCUT2D eigenvalue weighted by atomic mass is 10.1. The van der Waals surface area contributed by atoms with Gasteiger partial charge in [-0.3, -0.25) is 14.6 Å². The Morgan fingerprint density at radius 2 is 1.79 bits per heavy atom. The number of nitrogens with zero attached hydrogens (tertiary/aromatic N) is 4. The Hall–Kier alpha value is -5.26. The lowest BCUT2D eigenvalue weighted by Crippen LogP contribution is -2.50. The quantitative estimate of drug-likeness (QED) is 0.305. The van der Waals surface area contributed by atoms with E-state index >= 15 is 0 Å². The van der Waals surface area contributed by atoms with Gasteiger partial charge in [0, 0.05) is 36.7 Å². The number of nitrogens with one attached hydrogen (secondary N) is 2. The van der Waals surface area contributed by atoms with Crippen LogP contribution in [0.2, 0.25) is 0 Å². The summed E-state index contributed by atoms with van der Waals surface area (Å²) in [4.78, 5) is 54.3. The summed E-state index contributed by atoms with van der Waals surface area (Å²) in [6.45, 7) is 4.52. The van der Waals surface area contributed by atoms with Crippen LogP contribution in [0.15, 0.2) is 61.1 Å². The smallest absolute Gasteiger partial charge is 0.335 e. The maximum atomic E-state index is 12.8. The third kappa shape index (κ3) is 6.18. The molecule has 12 nitrogen and oxygen atoms in total. The van der Waals surface area contributed by atoms with Crippen LogP contribution in [0.1, 0.15) is 42.5 Å². The number of piperazine rings is 1. The van der Waals surface area contributed by atoms with Crippen LogP contribution in [0.25, 0.3) is 16.9 Å². The maximum Gasteiger partial charge on any atom is 0.335 e. The van der Waals surface area contributed by atoms with Crippen molar-refractivity contribution >= 4 is 23.8 Å². The first-order valence-electron chi connectivity index (χ1n) is 11.9. The van der Waals surface area contributed by atoms with E-state index in [1.807, 2.05) is 37.5 Å². The minimum atomic E-state index is -1.12. The highest BCUT2D eigenvalue weighted by Gasteiger charge is 2.26. The molecule has 1 fully saturated rings. The van der Waals surface area contributed by atoms with Crippen molar-refractivity contribution in [2.75, 3.05) is 19.6 Å². The van der Waals surface area contributed by atoms with Crippen molar-refractivity contribution < 1.29 is 29.4 Å². The van der Waals surface area contributed by atoms with Crippen molar-refractivity contribution in [1.82, 2.24) is 30.0 Å². The second kappa shape index (κ2) is 11.4. The molecule has 0 saturated carbocycles. The molecule has 2 amide bonds. The molecule has 4 aromatic rings. The van der Waals surface area contributed by atoms with Crippen molar-refractivity contribution in [2.45, 2.75) is 13.8 Å². The van der Waals surface area contributed by atoms with Crippen LogP contribution in [-0.4, -0.2) is 78.2 Å². The fourth-order valence-electron chi connectivity index (χ4n) is 3.92. The molecule has 0 atom stereocenters. The number of aromatic carboxylic acids is 2. The van der Waals surface area contributed by atoms with Crippen LogP contribution in [0.3, 0.4) is 0 Å². The van der Waals surface area contributed by atoms with Gasteiger partial charge in [-0.1, -0.05) is 6.07 Å². The molecule has 0 unspecified atom stereocenters. The second-order valence-corrected chi connectivity index (χ2v) is 8.80. The number of amides is 2. The third-order valence-corrected chi connectivity index (χ3v) is 6.00. The molecule has 4 heterocycles. The molecule has 12 heteroatoms. The van der Waals surface area contributed by atoms with Crippen molar-refractivity contribution in [1.29, 1.82) is 0 Å². The fraction of sp³-hybridized carbons (Fsp3) is 0.185. The monoisotopic (exact) mass is 530 g/mol. The molecule has 0 spiro atoms. The number of hydrogen-bond donors (Lipinski definition) is 4. The first kappa shape index (κ1) is 26.8. The van der Waals surface area contributed by atoms with Crippen molar-refractivity contribution in [3.63, 3.8) is 0 Å². The molecule has 1 saturated heterocycles. The van der Waals surface area contributed by atoms with E-state index in [1.165, 1.54) is 17.0 Å². The van der Waals surface area contributed by atoms with Gasteiger partial charge in [0.25, 0.3) is 5.91 Å². The van der Waals surface area contributed by atoms with E-state index in [1.54, 1.807) is 23.9 Å². The number of H-pyrrole nitrogens is 1. The third-order valence-electron chi connectivity index (χ3n) is 6.00. The Morgan fingerprint density at radius 1 is 1.00 bits per heavy atom. The molecule has 200 valence electrons. The van der Waals surface area contributed by atoms with Crippen molar-refractivity contribution in [2.24, 2.45) is 0 Å². The van der Waals surface area contributed by atoms with E-state index < -0.39 is 11.9 Å². The zero-order chi connectivity index (χ0) is 28.1. The summed E-state index contributed by atoms with van der Waals surface area (Å²) in [6, 6.07) is 11.5. The fourth-order valence-corrected chi connectivity index (χ4v) is 3.92. The maximum absolute atomic E-state index is 12.8. The van der Waals surface area contributed by atoms with Crippen LogP contribution in [0.5, 0.6) is 0 Å². The van der Waals surface area contributed by atoms with Crippen molar-refractivity contribution in [3.05, 3.63) is 89.1 Å². The minimum absolute atomic E-state index is 0.0111. The van der Waals surface area contributed by atoms with E-state index in [2.05, 4.69) is 20.4 Å². The molecule has 4 N–H and O–H groups in total. The summed E-state index contributed by atoms with van der Waals surface area (Å²) >= 11 is 0. The number of carbonyl (C=O) groups excluding carboxylic acids is 2. The Kier molecular flexibility index (Phi) is 7.85. The number of benzene rings is 1. The van der Waals surface area contributed by atoms with Gasteiger partial charge < -0.3 is 25.4 Å². The second-order valence-electron chi connectivity index (χ2n) is 8.80. The van der Waals surface area contributed by atoms with Crippen LogP contribution in [0.4, 0.5) is 0 Å². The zero-order valence-electron chi connectivity index (χ0n) is 21.2. The molecule has 0 aliphatic carbocycles. The number of pyridine rings is 1. The number of hydrogen-bond acceptors (Lipinski definition) is 6. The highest BCUT2D eigenvalue weighted by atomic mass is 16.4. The van der Waals surface area contributed by atoms with Crippen LogP contribution < -0.4 is 5.32 Å². The molecule has 0 bridgehead atoms. The van der Waals surface area contributed by atoms with E-state index in [4.69, 9.17) is 10.2 Å². The van der Waals surface area contributed by atoms with Crippen LogP contribution in [-0.2, 0) is 4.79 Å². The van der Waals surface area contributed by atoms with Gasteiger partial charge in [-0.25, -0.2) is 14.3 Å². The topological polar surface area (TPSA) is 171 Å². The number of aryl methyl sites for hydroxylation is 2. The van der Waals surface area contributed by atoms with Crippen LogP contribution in [0, 0.1) is 13.8 Å². The lowest BCUT2D eigenvalue weighted by molar-refractivity contribution is -0.123. The Morgan fingerprint density at radius 3 is 2.41 bits per heavy atom. The molecule has 1 aromatic carbocycles. The average Bonchev–Trinajstić information content (AvgIpc) is 3.59. The molecule has 39 heavy (non-hydrogen) atoms. The summed E-state index contributed by atoms with van der Waals surface area (Å²) in [6.07, 6.45) is 5.38. The highest BCUT2D eigenvalue weighted by Crippen LogP contribution is 2.24. The number of aromatic nitrogens is 4. The molecule has 3 aromatic heterocycles. The van der Waals surface area contributed by atoms with E-state index in [9.17, 15) is 19.2 Å². The van der Waals surface area contributed by atoms with Gasteiger partial charge >= 0.3 is 11.9 Å². The standard InChI is InChI=1S/C18H18N6O2.C9H8O4/c1-12-2-3-14(10-21-12)24-16(13-4-5-19-9-13)8-15(22-24)18(26)23-7-6-20-17(25)11-23;1-5-2-3-6(8(10)11)4-7(5)9(12)13/h2-5,8-10,19H,6-7,11H2,1H3,(H,20,25);2-4H,1H3,(H,10,11)(H,12,13). The molecule has 1 aliphatic heterocycles. The number of carboxylic acid groups (broad SMARTS) is 2. The first-order valence-corrected chi connectivity index (χ1v) is 11.9. The van der Waals surface area contributed by atoms with Gasteiger partial charge in [-0.2, -0.15) is 5.10 Å². The molecular weight excluding hydrogens is 504 g/mol. The zero-order valence-corrected chi connectivity index (χ0v) is 21.2. The van der Waals surface area contributed by atoms with Gasteiger partial charge in [0.15, 0.2) is 5.69 Å². The summed E-state index contributed by atoms with van der Waals surface area (Å²) in [7, 11) is 0. The Balaban J connectivity index is 0.000000229. The lowest BCUT2D eigenvalue weighted by Gasteiger charge is -2.25. The first-order chi connectivity index (χ1) is 18.6.